The predicted molar refractivity (Wildman–Crippen MR) is 148 cm³/mol. The fraction of sp³-hybridized carbons (Fsp3) is 0.250. The lowest BCUT2D eigenvalue weighted by Crippen LogP contribution is -2.40. The van der Waals surface area contributed by atoms with Gasteiger partial charge in [-0.15, -0.1) is 0 Å². The molecule has 0 atom stereocenters. The molecular weight excluding hydrogens is 554 g/mol. The van der Waals surface area contributed by atoms with E-state index in [0.29, 0.717) is 34.4 Å². The zero-order valence-electron chi connectivity index (χ0n) is 22.7. The number of nitrogens with zero attached hydrogens (tertiary/aromatic N) is 3. The Labute approximate surface area is 235 Å². The highest BCUT2D eigenvalue weighted by Gasteiger charge is 2.48. The first-order valence-electron chi connectivity index (χ1n) is 12.6. The lowest BCUT2D eigenvalue weighted by Gasteiger charge is -2.30. The van der Waals surface area contributed by atoms with E-state index in [0.717, 1.165) is 22.1 Å². The molecule has 2 aromatic heterocycles. The molecule has 0 spiro atoms. The Hall–Kier alpha value is -4.36. The first-order valence-corrected chi connectivity index (χ1v) is 14.1. The fourth-order valence-corrected chi connectivity index (χ4v) is 6.71. The quantitative estimate of drug-likeness (QED) is 0.267. The van der Waals surface area contributed by atoms with Crippen molar-refractivity contribution in [3.63, 3.8) is 0 Å². The second-order valence-electron chi connectivity index (χ2n) is 10.5. The number of rotatable bonds is 8. The van der Waals surface area contributed by atoms with E-state index in [1.54, 1.807) is 50.4 Å². The Morgan fingerprint density at radius 3 is 2.44 bits per heavy atom. The van der Waals surface area contributed by atoms with Crippen LogP contribution in [0.1, 0.15) is 51.6 Å². The number of ketones is 1. The number of aromatic nitrogens is 3. The Balaban J connectivity index is 1.45. The van der Waals surface area contributed by atoms with Crippen LogP contribution < -0.4 is 10.2 Å². The third kappa shape index (κ3) is 5.13. The summed E-state index contributed by atoms with van der Waals surface area (Å²) in [7, 11) is -0.653. The summed E-state index contributed by atoms with van der Waals surface area (Å²) in [5.74, 6) is -2.77. The van der Waals surface area contributed by atoms with Crippen molar-refractivity contribution >= 4 is 33.1 Å². The fourth-order valence-electron chi connectivity index (χ4n) is 4.95. The number of Topliss-reactive ketones (excluding diaryl/α,β-unsaturated/α-hetero) is 1. The van der Waals surface area contributed by atoms with Crippen molar-refractivity contribution in [3.8, 4) is 0 Å². The van der Waals surface area contributed by atoms with Gasteiger partial charge in [0, 0.05) is 55.4 Å². The topological polar surface area (TPSA) is 131 Å². The number of fused-ring (bicyclic) bond motifs is 1. The minimum atomic E-state index is -4.32. The van der Waals surface area contributed by atoms with Gasteiger partial charge in [0.2, 0.25) is 10.0 Å². The lowest BCUT2D eigenvalue weighted by atomic mass is 9.98. The van der Waals surface area contributed by atoms with Crippen molar-refractivity contribution in [3.05, 3.63) is 94.6 Å². The van der Waals surface area contributed by atoms with Crippen LogP contribution in [0.3, 0.4) is 0 Å². The molecule has 3 N–H and O–H groups in total. The van der Waals surface area contributed by atoms with E-state index in [1.807, 2.05) is 19.0 Å². The molecule has 0 saturated carbocycles. The van der Waals surface area contributed by atoms with Crippen LogP contribution in [0.25, 0.3) is 0 Å². The first kappa shape index (κ1) is 28.2. The maximum Gasteiger partial charge on any atom is 0.272 e. The lowest BCUT2D eigenvalue weighted by molar-refractivity contribution is 0.0992. The Morgan fingerprint density at radius 2 is 1.80 bits per heavy atom. The number of carbonyl (C=O) groups excluding carboxylic acids is 2. The normalized spacial score (nSPS) is 14.6. The van der Waals surface area contributed by atoms with Crippen LogP contribution in [0.5, 0.6) is 0 Å². The van der Waals surface area contributed by atoms with Gasteiger partial charge in [-0.3, -0.25) is 14.7 Å². The minimum Gasteiger partial charge on any atom is -0.378 e. The molecule has 41 heavy (non-hydrogen) atoms. The molecule has 5 rings (SSSR count). The first-order chi connectivity index (χ1) is 19.3. The van der Waals surface area contributed by atoms with Crippen molar-refractivity contribution in [2.24, 2.45) is 0 Å². The van der Waals surface area contributed by atoms with Crippen molar-refractivity contribution in [1.82, 2.24) is 19.5 Å². The van der Waals surface area contributed by atoms with Gasteiger partial charge in [0.15, 0.2) is 5.78 Å². The molecule has 3 heterocycles. The summed E-state index contributed by atoms with van der Waals surface area (Å²) >= 11 is 0. The number of halogens is 2. The number of nitrogens with one attached hydrogen (secondary N) is 3. The van der Waals surface area contributed by atoms with E-state index in [2.05, 4.69) is 20.5 Å². The predicted octanol–water partition coefficient (Wildman–Crippen LogP) is 4.20. The van der Waals surface area contributed by atoms with Crippen LogP contribution in [0.15, 0.2) is 59.6 Å². The number of amides is 1. The van der Waals surface area contributed by atoms with Crippen LogP contribution in [0.4, 0.5) is 20.2 Å². The van der Waals surface area contributed by atoms with Crippen LogP contribution >= 0.6 is 0 Å². The van der Waals surface area contributed by atoms with Crippen molar-refractivity contribution < 1.29 is 26.8 Å². The second kappa shape index (κ2) is 10.2. The average molecular weight is 583 g/mol. The second-order valence-corrected chi connectivity index (χ2v) is 12.3. The highest BCUT2D eigenvalue weighted by Crippen LogP contribution is 2.43. The maximum atomic E-state index is 13.9. The molecule has 0 unspecified atom stereocenters. The van der Waals surface area contributed by atoms with E-state index in [1.165, 1.54) is 0 Å². The van der Waals surface area contributed by atoms with Crippen LogP contribution in [0.2, 0.25) is 0 Å². The molecule has 0 fully saturated rings. The minimum absolute atomic E-state index is 0.155. The number of carbonyl (C=O) groups is 2. The molecule has 214 valence electrons. The smallest absolute Gasteiger partial charge is 0.272 e. The number of aromatic amines is 2. The maximum absolute atomic E-state index is 13.9. The highest BCUT2D eigenvalue weighted by atomic mass is 32.2. The average Bonchev–Trinajstić information content (AvgIpc) is 3.62. The summed E-state index contributed by atoms with van der Waals surface area (Å²) in [5, 5.41) is 9.98. The molecule has 1 amide bonds. The van der Waals surface area contributed by atoms with Gasteiger partial charge in [0.25, 0.3) is 5.91 Å². The van der Waals surface area contributed by atoms with Gasteiger partial charge in [-0.2, -0.15) is 9.40 Å². The van der Waals surface area contributed by atoms with Gasteiger partial charge in [-0.05, 0) is 56.3 Å². The molecule has 0 bridgehead atoms. The molecule has 0 radical (unpaired) electrons. The molecule has 2 aromatic carbocycles. The van der Waals surface area contributed by atoms with Gasteiger partial charge < -0.3 is 15.2 Å². The van der Waals surface area contributed by atoms with Crippen LogP contribution in [0, 0.1) is 11.6 Å². The largest absolute Gasteiger partial charge is 0.378 e. The van der Waals surface area contributed by atoms with E-state index >= 15 is 0 Å². The molecule has 13 heteroatoms. The SMILES string of the molecule is CN(C)c1ccc(C(=O)Cc2[nH]nc3c2CN(S(=O)(=O)c2cc(F)cc(F)c2)C3(C)C)c(NC(=O)c2ccc[nH]2)c1. The molecule has 10 nitrogen and oxygen atoms in total. The number of anilines is 2. The van der Waals surface area contributed by atoms with Gasteiger partial charge >= 0.3 is 0 Å². The van der Waals surface area contributed by atoms with Gasteiger partial charge in [0.1, 0.15) is 17.3 Å². The molecule has 1 aliphatic rings. The van der Waals surface area contributed by atoms with Gasteiger partial charge in [-0.1, -0.05) is 0 Å². The van der Waals surface area contributed by atoms with E-state index in [4.69, 9.17) is 0 Å². The summed E-state index contributed by atoms with van der Waals surface area (Å²) in [5.41, 5.74) is 1.81. The number of H-pyrrole nitrogens is 2. The zero-order chi connectivity index (χ0) is 29.7. The molecule has 0 saturated heterocycles. The van der Waals surface area contributed by atoms with E-state index < -0.39 is 38.0 Å². The molecular formula is C28H28F2N6O4S. The summed E-state index contributed by atoms with van der Waals surface area (Å²) < 4.78 is 55.7. The van der Waals surface area contributed by atoms with Crippen LogP contribution in [-0.2, 0) is 28.5 Å². The zero-order valence-corrected chi connectivity index (χ0v) is 23.6. The highest BCUT2D eigenvalue weighted by molar-refractivity contribution is 7.89. The summed E-state index contributed by atoms with van der Waals surface area (Å²) in [6.45, 7) is 3.11. The van der Waals surface area contributed by atoms with E-state index in [-0.39, 0.29) is 24.3 Å². The standard InChI is InChI=1S/C28H28F2N6O4S/c1-28(2)26-21(15-36(28)41(39,40)19-11-16(29)10-17(30)12-19)24(33-34-26)14-25(37)20-8-7-18(35(3)4)13-23(20)32-27(38)22-6-5-9-31-22/h5-13,31H,14-15H2,1-4H3,(H,32,38)(H,33,34). The Bertz CT molecular complexity index is 1740. The van der Waals surface area contributed by atoms with Crippen LogP contribution in [-0.4, -0.2) is 53.7 Å². The summed E-state index contributed by atoms with van der Waals surface area (Å²) in [6, 6.07) is 10.5. The monoisotopic (exact) mass is 582 g/mol. The molecule has 4 aromatic rings. The van der Waals surface area contributed by atoms with E-state index in [9.17, 15) is 26.8 Å². The number of hydrogen-bond acceptors (Lipinski definition) is 6. The Kier molecular flexibility index (Phi) is 7.03. The molecule has 0 aliphatic carbocycles. The van der Waals surface area contributed by atoms with Gasteiger partial charge in [-0.25, -0.2) is 17.2 Å². The third-order valence-corrected chi connectivity index (χ3v) is 9.13. The molecule has 1 aliphatic heterocycles. The van der Waals surface area contributed by atoms with Gasteiger partial charge in [0.05, 0.1) is 28.2 Å². The van der Waals surface area contributed by atoms with Crippen molar-refractivity contribution in [2.75, 3.05) is 24.3 Å². The number of sulfonamides is 1. The van der Waals surface area contributed by atoms with Crippen molar-refractivity contribution in [2.45, 2.75) is 37.2 Å². The van der Waals surface area contributed by atoms with Crippen molar-refractivity contribution in [1.29, 1.82) is 0 Å². The third-order valence-electron chi connectivity index (χ3n) is 7.13. The summed E-state index contributed by atoms with van der Waals surface area (Å²) in [6.07, 6.45) is 1.46. The summed E-state index contributed by atoms with van der Waals surface area (Å²) in [4.78, 5) is 30.5. The Morgan fingerprint density at radius 1 is 1.10 bits per heavy atom. The number of benzene rings is 2. The number of hydrogen-bond donors (Lipinski definition) is 3.